The van der Waals surface area contributed by atoms with Gasteiger partial charge >= 0.3 is 0 Å². The molecule has 138 valence electrons. The molecule has 1 aromatic heterocycles. The average molecular weight is 373 g/mol. The van der Waals surface area contributed by atoms with Gasteiger partial charge in [0.1, 0.15) is 5.82 Å². The van der Waals surface area contributed by atoms with Crippen LogP contribution in [-0.4, -0.2) is 38.1 Å². The van der Waals surface area contributed by atoms with Crippen molar-refractivity contribution in [2.45, 2.75) is 24.7 Å². The first kappa shape index (κ1) is 18.6. The van der Waals surface area contributed by atoms with Crippen LogP contribution in [0, 0.1) is 0 Å². The second-order valence-electron chi connectivity index (χ2n) is 5.99. The zero-order valence-electron chi connectivity index (χ0n) is 14.7. The first-order valence-corrected chi connectivity index (χ1v) is 10.2. The summed E-state index contributed by atoms with van der Waals surface area (Å²) in [4.78, 5) is 7.94. The van der Waals surface area contributed by atoms with E-state index in [0.29, 0.717) is 31.7 Å². The Bertz CT molecular complexity index is 953. The Morgan fingerprint density at radius 3 is 2.69 bits per heavy atom. The smallest absolute Gasteiger partial charge is 0.240 e. The minimum atomic E-state index is -3.55. The quantitative estimate of drug-likeness (QED) is 0.564. The number of benzene rings is 2. The van der Waals surface area contributed by atoms with Crippen LogP contribution in [0.2, 0.25) is 0 Å². The molecule has 0 unspecified atom stereocenters. The maximum absolute atomic E-state index is 12.5. The molecule has 26 heavy (non-hydrogen) atoms. The third kappa shape index (κ3) is 4.49. The van der Waals surface area contributed by atoms with Crippen molar-refractivity contribution in [1.29, 1.82) is 0 Å². The molecule has 1 heterocycles. The number of imidazole rings is 1. The molecule has 0 atom stereocenters. The van der Waals surface area contributed by atoms with E-state index in [1.165, 1.54) is 0 Å². The number of fused-ring (bicyclic) bond motifs is 1. The molecule has 3 rings (SSSR count). The Balaban J connectivity index is 1.71. The number of H-pyrrole nitrogens is 1. The predicted molar refractivity (Wildman–Crippen MR) is 102 cm³/mol. The number of nitrogens with zero attached hydrogens (tertiary/aromatic N) is 1. The minimum absolute atomic E-state index is 0.225. The van der Waals surface area contributed by atoms with E-state index in [1.807, 2.05) is 37.3 Å². The van der Waals surface area contributed by atoms with Gasteiger partial charge in [0.2, 0.25) is 10.0 Å². The number of rotatable bonds is 9. The molecule has 6 nitrogen and oxygen atoms in total. The van der Waals surface area contributed by atoms with Gasteiger partial charge in [0.15, 0.2) is 0 Å². The predicted octanol–water partition coefficient (Wildman–Crippen LogP) is 3.32. The summed E-state index contributed by atoms with van der Waals surface area (Å²) in [5.41, 5.74) is 2.38. The lowest BCUT2D eigenvalue weighted by Gasteiger charge is -2.07. The molecule has 0 fully saturated rings. The van der Waals surface area contributed by atoms with Gasteiger partial charge < -0.3 is 9.72 Å². The second-order valence-corrected chi connectivity index (χ2v) is 7.76. The Hall–Kier alpha value is -2.22. The molecular weight excluding hydrogens is 350 g/mol. The largest absolute Gasteiger partial charge is 0.381 e. The van der Waals surface area contributed by atoms with Crippen LogP contribution >= 0.6 is 0 Å². The zero-order valence-corrected chi connectivity index (χ0v) is 15.6. The number of hydrogen-bond acceptors (Lipinski definition) is 4. The zero-order chi connectivity index (χ0) is 18.4. The molecule has 2 aromatic carbocycles. The van der Waals surface area contributed by atoms with Crippen LogP contribution < -0.4 is 4.72 Å². The van der Waals surface area contributed by atoms with E-state index in [-0.39, 0.29) is 4.90 Å². The molecule has 2 N–H and O–H groups in total. The topological polar surface area (TPSA) is 84.1 Å². The van der Waals surface area contributed by atoms with Crippen LogP contribution in [0.25, 0.3) is 22.4 Å². The van der Waals surface area contributed by atoms with Crippen LogP contribution in [0.4, 0.5) is 0 Å². The summed E-state index contributed by atoms with van der Waals surface area (Å²) >= 11 is 0. The Labute approximate surface area is 153 Å². The van der Waals surface area contributed by atoms with Gasteiger partial charge in [-0.15, -0.1) is 0 Å². The normalized spacial score (nSPS) is 11.9. The Kier molecular flexibility index (Phi) is 6.03. The van der Waals surface area contributed by atoms with Crippen molar-refractivity contribution < 1.29 is 13.2 Å². The van der Waals surface area contributed by atoms with E-state index in [2.05, 4.69) is 14.7 Å². The van der Waals surface area contributed by atoms with Crippen LogP contribution in [0.1, 0.15) is 19.8 Å². The summed E-state index contributed by atoms with van der Waals surface area (Å²) in [5.74, 6) is 0.719. The lowest BCUT2D eigenvalue weighted by atomic mass is 10.2. The summed E-state index contributed by atoms with van der Waals surface area (Å²) in [6.07, 6.45) is 1.60. The summed E-state index contributed by atoms with van der Waals surface area (Å²) in [6, 6.07) is 14.6. The Morgan fingerprint density at radius 1 is 1.12 bits per heavy atom. The highest BCUT2D eigenvalue weighted by Crippen LogP contribution is 2.22. The lowest BCUT2D eigenvalue weighted by molar-refractivity contribution is 0.133. The molecule has 0 amide bonds. The average Bonchev–Trinajstić information content (AvgIpc) is 3.08. The SMILES string of the molecule is CCCOCCCNS(=O)(=O)c1ccc2nc(-c3ccccc3)[nH]c2c1. The van der Waals surface area contributed by atoms with Crippen LogP contribution in [-0.2, 0) is 14.8 Å². The third-order valence-electron chi connectivity index (χ3n) is 3.92. The fourth-order valence-electron chi connectivity index (χ4n) is 2.60. The molecule has 0 spiro atoms. The van der Waals surface area contributed by atoms with Crippen LogP contribution in [0.3, 0.4) is 0 Å². The summed E-state index contributed by atoms with van der Waals surface area (Å²) in [6.45, 7) is 3.64. The first-order chi connectivity index (χ1) is 12.6. The number of nitrogens with one attached hydrogen (secondary N) is 2. The molecule has 0 aliphatic heterocycles. The van der Waals surface area contributed by atoms with E-state index in [9.17, 15) is 8.42 Å². The molecule has 0 aliphatic carbocycles. The summed E-state index contributed by atoms with van der Waals surface area (Å²) in [7, 11) is -3.55. The number of aromatic nitrogens is 2. The number of aromatic amines is 1. The van der Waals surface area contributed by atoms with Gasteiger partial charge in [0, 0.05) is 25.3 Å². The molecule has 7 heteroatoms. The van der Waals surface area contributed by atoms with Gasteiger partial charge in [-0.05, 0) is 31.0 Å². The molecule has 0 saturated carbocycles. The van der Waals surface area contributed by atoms with Crippen molar-refractivity contribution in [2.75, 3.05) is 19.8 Å². The van der Waals surface area contributed by atoms with Crippen molar-refractivity contribution in [2.24, 2.45) is 0 Å². The standard InChI is InChI=1S/C19H23N3O3S/c1-2-12-25-13-6-11-20-26(23,24)16-9-10-17-18(14-16)22-19(21-17)15-7-4-3-5-8-15/h3-5,7-10,14,20H,2,6,11-13H2,1H3,(H,21,22). The second kappa shape index (κ2) is 8.44. The number of hydrogen-bond donors (Lipinski definition) is 2. The monoisotopic (exact) mass is 373 g/mol. The minimum Gasteiger partial charge on any atom is -0.381 e. The molecule has 0 saturated heterocycles. The van der Waals surface area contributed by atoms with Crippen LogP contribution in [0.5, 0.6) is 0 Å². The van der Waals surface area contributed by atoms with Crippen molar-refractivity contribution >= 4 is 21.1 Å². The van der Waals surface area contributed by atoms with Gasteiger partial charge in [0.05, 0.1) is 15.9 Å². The highest BCUT2D eigenvalue weighted by Gasteiger charge is 2.15. The fraction of sp³-hybridized carbons (Fsp3) is 0.316. The molecule has 0 aliphatic rings. The van der Waals surface area contributed by atoms with E-state index in [0.717, 1.165) is 23.3 Å². The van der Waals surface area contributed by atoms with Gasteiger partial charge in [-0.25, -0.2) is 18.1 Å². The van der Waals surface area contributed by atoms with Gasteiger partial charge in [-0.3, -0.25) is 0 Å². The van der Waals surface area contributed by atoms with Crippen molar-refractivity contribution in [3.63, 3.8) is 0 Å². The number of ether oxygens (including phenoxy) is 1. The maximum atomic E-state index is 12.5. The van der Waals surface area contributed by atoms with Gasteiger partial charge in [-0.2, -0.15) is 0 Å². The Morgan fingerprint density at radius 2 is 1.92 bits per heavy atom. The highest BCUT2D eigenvalue weighted by atomic mass is 32.2. The highest BCUT2D eigenvalue weighted by molar-refractivity contribution is 7.89. The van der Waals surface area contributed by atoms with Gasteiger partial charge in [0.25, 0.3) is 0 Å². The van der Waals surface area contributed by atoms with Crippen molar-refractivity contribution in [3.05, 3.63) is 48.5 Å². The van der Waals surface area contributed by atoms with E-state index in [1.54, 1.807) is 18.2 Å². The molecule has 0 bridgehead atoms. The van der Waals surface area contributed by atoms with Crippen LogP contribution in [0.15, 0.2) is 53.4 Å². The van der Waals surface area contributed by atoms with E-state index < -0.39 is 10.0 Å². The van der Waals surface area contributed by atoms with E-state index in [4.69, 9.17) is 4.74 Å². The van der Waals surface area contributed by atoms with Gasteiger partial charge in [-0.1, -0.05) is 37.3 Å². The van der Waals surface area contributed by atoms with Crippen molar-refractivity contribution in [1.82, 2.24) is 14.7 Å². The molecular formula is C19H23N3O3S. The fourth-order valence-corrected chi connectivity index (χ4v) is 3.70. The summed E-state index contributed by atoms with van der Waals surface area (Å²) in [5, 5.41) is 0. The first-order valence-electron chi connectivity index (χ1n) is 8.73. The summed E-state index contributed by atoms with van der Waals surface area (Å²) < 4.78 is 32.9. The van der Waals surface area contributed by atoms with E-state index >= 15 is 0 Å². The number of sulfonamides is 1. The molecule has 3 aromatic rings. The third-order valence-corrected chi connectivity index (χ3v) is 5.38. The lowest BCUT2D eigenvalue weighted by Crippen LogP contribution is -2.25. The van der Waals surface area contributed by atoms with Crippen molar-refractivity contribution in [3.8, 4) is 11.4 Å². The molecule has 0 radical (unpaired) electrons. The maximum Gasteiger partial charge on any atom is 0.240 e.